The van der Waals surface area contributed by atoms with Gasteiger partial charge in [-0.3, -0.25) is 4.79 Å². The van der Waals surface area contributed by atoms with Gasteiger partial charge in [0.25, 0.3) is 0 Å². The largest absolute Gasteiger partial charge is 0.416 e. The van der Waals surface area contributed by atoms with Crippen LogP contribution in [0.1, 0.15) is 34.0 Å². The van der Waals surface area contributed by atoms with Gasteiger partial charge in [0.1, 0.15) is 11.5 Å². The summed E-state index contributed by atoms with van der Waals surface area (Å²) in [5.41, 5.74) is -0.419. The van der Waals surface area contributed by atoms with Gasteiger partial charge in [-0.15, -0.1) is 0 Å². The topological polar surface area (TPSA) is 57.8 Å². The quantitative estimate of drug-likeness (QED) is 0.276. The maximum Gasteiger partial charge on any atom is 0.416 e. The van der Waals surface area contributed by atoms with Crippen molar-refractivity contribution < 1.29 is 26.7 Å². The lowest BCUT2D eigenvalue weighted by Crippen LogP contribution is -2.09. The number of halogens is 5. The summed E-state index contributed by atoms with van der Waals surface area (Å²) in [6, 6.07) is 7.63. The molecule has 0 saturated carbocycles. The van der Waals surface area contributed by atoms with E-state index in [1.54, 1.807) is 12.3 Å². The number of nitrogens with zero attached hydrogens (tertiary/aromatic N) is 1. The van der Waals surface area contributed by atoms with Crippen molar-refractivity contribution in [1.29, 1.82) is 0 Å². The maximum absolute atomic E-state index is 15.1. The molecule has 0 saturated heterocycles. The second-order valence-corrected chi connectivity index (χ2v) is 7.11. The minimum atomic E-state index is -4.51. The Balaban J connectivity index is 1.70. The van der Waals surface area contributed by atoms with Gasteiger partial charge in [-0.2, -0.15) is 13.2 Å². The highest BCUT2D eigenvalue weighted by Crippen LogP contribution is 2.32. The summed E-state index contributed by atoms with van der Waals surface area (Å²) >= 11 is 0. The third-order valence-corrected chi connectivity index (χ3v) is 5.05. The summed E-state index contributed by atoms with van der Waals surface area (Å²) < 4.78 is 67.8. The van der Waals surface area contributed by atoms with Crippen molar-refractivity contribution in [1.82, 2.24) is 9.97 Å². The monoisotopic (exact) mass is 445 g/mol. The minimum absolute atomic E-state index is 0.0623. The van der Waals surface area contributed by atoms with Crippen LogP contribution >= 0.6 is 0 Å². The zero-order chi connectivity index (χ0) is 23.0. The molecule has 4 rings (SSSR count). The Hall–Kier alpha value is -3.75. The number of anilines is 2. The predicted molar refractivity (Wildman–Crippen MR) is 110 cm³/mol. The van der Waals surface area contributed by atoms with E-state index in [0.29, 0.717) is 17.5 Å². The van der Waals surface area contributed by atoms with Crippen LogP contribution < -0.4 is 5.32 Å². The van der Waals surface area contributed by atoms with Crippen LogP contribution in [-0.4, -0.2) is 15.8 Å². The number of aryl methyl sites for hydroxylation is 1. The van der Waals surface area contributed by atoms with E-state index in [1.807, 2.05) is 6.92 Å². The Morgan fingerprint density at radius 3 is 2.47 bits per heavy atom. The van der Waals surface area contributed by atoms with Crippen LogP contribution in [0.4, 0.5) is 33.3 Å². The number of hydrogen-bond acceptors (Lipinski definition) is 3. The van der Waals surface area contributed by atoms with Crippen molar-refractivity contribution in [3.8, 4) is 0 Å². The molecule has 4 aromatic rings. The van der Waals surface area contributed by atoms with Crippen molar-refractivity contribution in [2.45, 2.75) is 19.5 Å². The van der Waals surface area contributed by atoms with Gasteiger partial charge in [-0.1, -0.05) is 6.92 Å². The maximum atomic E-state index is 15.1. The van der Waals surface area contributed by atoms with Crippen LogP contribution in [0.5, 0.6) is 0 Å². The number of carbonyl (C=O) groups excluding carboxylic acids is 1. The molecule has 2 aromatic carbocycles. The third kappa shape index (κ3) is 3.93. The molecule has 4 nitrogen and oxygen atoms in total. The van der Waals surface area contributed by atoms with E-state index in [2.05, 4.69) is 15.3 Å². The number of benzene rings is 2. The number of aromatic nitrogens is 2. The molecule has 2 aromatic heterocycles. The van der Waals surface area contributed by atoms with Gasteiger partial charge in [0.2, 0.25) is 5.78 Å². The number of nitrogens with one attached hydrogen (secondary N) is 2. The predicted octanol–water partition coefficient (Wildman–Crippen LogP) is 6.40. The Kier molecular flexibility index (Phi) is 5.41. The van der Waals surface area contributed by atoms with Crippen molar-refractivity contribution in [3.63, 3.8) is 0 Å². The Morgan fingerprint density at radius 1 is 1.09 bits per heavy atom. The second-order valence-electron chi connectivity index (χ2n) is 7.11. The molecule has 0 atom stereocenters. The molecule has 9 heteroatoms. The van der Waals surface area contributed by atoms with Gasteiger partial charge < -0.3 is 10.3 Å². The van der Waals surface area contributed by atoms with Crippen LogP contribution in [0.2, 0.25) is 0 Å². The number of hydrogen-bond donors (Lipinski definition) is 2. The number of pyridine rings is 1. The van der Waals surface area contributed by atoms with Gasteiger partial charge in [0, 0.05) is 29.0 Å². The van der Waals surface area contributed by atoms with Crippen molar-refractivity contribution in [3.05, 3.63) is 88.7 Å². The van der Waals surface area contributed by atoms with E-state index in [4.69, 9.17) is 0 Å². The summed E-state index contributed by atoms with van der Waals surface area (Å²) in [5, 5.41) is 3.03. The van der Waals surface area contributed by atoms with Gasteiger partial charge in [0.15, 0.2) is 5.82 Å². The summed E-state index contributed by atoms with van der Waals surface area (Å²) in [6.45, 7) is 1.91. The molecule has 2 N–H and O–H groups in total. The van der Waals surface area contributed by atoms with Crippen molar-refractivity contribution >= 4 is 28.2 Å². The normalized spacial score (nSPS) is 11.7. The highest BCUT2D eigenvalue weighted by molar-refractivity contribution is 6.16. The van der Waals surface area contributed by atoms with E-state index in [-0.39, 0.29) is 16.9 Å². The molecule has 0 radical (unpaired) electrons. The molecule has 0 fully saturated rings. The Morgan fingerprint density at radius 2 is 1.81 bits per heavy atom. The first-order valence-electron chi connectivity index (χ1n) is 9.62. The van der Waals surface area contributed by atoms with E-state index < -0.39 is 34.7 Å². The van der Waals surface area contributed by atoms with E-state index >= 15 is 4.39 Å². The molecule has 0 spiro atoms. The lowest BCUT2D eigenvalue weighted by Gasteiger charge is -2.12. The van der Waals surface area contributed by atoms with Crippen LogP contribution in [0, 0.1) is 11.6 Å². The standard InChI is InChI=1S/C23H16F5N3O/c1-2-12-9-15-16(11-30-22(15)29-10-12)21(32)19-17(24)7-8-18(20(19)25)31-14-5-3-13(4-6-14)23(26,27)28/h3-11,31H,2H2,1H3,(H,29,30). The molecule has 2 heterocycles. The summed E-state index contributed by atoms with van der Waals surface area (Å²) in [5.74, 6) is -3.08. The zero-order valence-electron chi connectivity index (χ0n) is 16.6. The molecular formula is C23H16F5N3O. The highest BCUT2D eigenvalue weighted by atomic mass is 19.4. The van der Waals surface area contributed by atoms with Gasteiger partial charge in [-0.25, -0.2) is 13.8 Å². The molecule has 0 aliphatic rings. The number of carbonyl (C=O) groups is 1. The summed E-state index contributed by atoms with van der Waals surface area (Å²) in [6.07, 6.45) is -0.862. The number of fused-ring (bicyclic) bond motifs is 1. The molecule has 0 aliphatic heterocycles. The van der Waals surface area contributed by atoms with Crippen LogP contribution in [-0.2, 0) is 12.6 Å². The number of alkyl halides is 3. The van der Waals surface area contributed by atoms with Crippen LogP contribution in [0.15, 0.2) is 54.9 Å². The summed E-state index contributed by atoms with van der Waals surface area (Å²) in [7, 11) is 0. The SMILES string of the molecule is CCc1cnc2[nH]cc(C(=O)c3c(F)ccc(Nc4ccc(C(F)(F)F)cc4)c3F)c2c1. The molecule has 0 unspecified atom stereocenters. The van der Waals surface area contributed by atoms with E-state index in [1.165, 1.54) is 6.20 Å². The van der Waals surface area contributed by atoms with Crippen molar-refractivity contribution in [2.24, 2.45) is 0 Å². The van der Waals surface area contributed by atoms with Gasteiger partial charge >= 0.3 is 6.18 Å². The average Bonchev–Trinajstić information content (AvgIpc) is 3.18. The molecule has 32 heavy (non-hydrogen) atoms. The Labute approximate surface area is 179 Å². The molecule has 0 amide bonds. The zero-order valence-corrected chi connectivity index (χ0v) is 16.6. The number of rotatable bonds is 5. The fourth-order valence-electron chi connectivity index (χ4n) is 3.32. The average molecular weight is 445 g/mol. The lowest BCUT2D eigenvalue weighted by atomic mass is 10.0. The van der Waals surface area contributed by atoms with E-state index in [0.717, 1.165) is 42.0 Å². The third-order valence-electron chi connectivity index (χ3n) is 5.05. The van der Waals surface area contributed by atoms with Crippen LogP contribution in [0.25, 0.3) is 11.0 Å². The lowest BCUT2D eigenvalue weighted by molar-refractivity contribution is -0.137. The molecule has 0 aliphatic carbocycles. The molecule has 0 bridgehead atoms. The fraction of sp³-hybridized carbons (Fsp3) is 0.130. The smallest absolute Gasteiger partial charge is 0.353 e. The first kappa shape index (κ1) is 21.5. The van der Waals surface area contributed by atoms with E-state index in [9.17, 15) is 22.4 Å². The number of H-pyrrole nitrogens is 1. The van der Waals surface area contributed by atoms with Gasteiger partial charge in [0.05, 0.1) is 16.8 Å². The first-order valence-corrected chi connectivity index (χ1v) is 9.62. The second kappa shape index (κ2) is 8.07. The van der Waals surface area contributed by atoms with Gasteiger partial charge in [-0.05, 0) is 54.4 Å². The number of ketones is 1. The molecular weight excluding hydrogens is 429 g/mol. The van der Waals surface area contributed by atoms with Crippen molar-refractivity contribution in [2.75, 3.05) is 5.32 Å². The van der Waals surface area contributed by atoms with Crippen LogP contribution in [0.3, 0.4) is 0 Å². The minimum Gasteiger partial charge on any atom is -0.353 e. The molecule has 164 valence electrons. The summed E-state index contributed by atoms with van der Waals surface area (Å²) in [4.78, 5) is 20.1. The number of aromatic amines is 1. The fourth-order valence-corrected chi connectivity index (χ4v) is 3.32. The first-order chi connectivity index (χ1) is 15.2. The Bertz CT molecular complexity index is 1310. The highest BCUT2D eigenvalue weighted by Gasteiger charge is 2.30.